The number of likely N-dealkylation sites (tertiary alicyclic amines) is 2. The van der Waals surface area contributed by atoms with Crippen LogP contribution in [0.4, 0.5) is 0 Å². The van der Waals surface area contributed by atoms with E-state index in [0.717, 1.165) is 75.2 Å². The van der Waals surface area contributed by atoms with Gasteiger partial charge in [0, 0.05) is 42.7 Å². The fourth-order valence-electron chi connectivity index (χ4n) is 6.36. The number of hydrogen-bond acceptors (Lipinski definition) is 5. The van der Waals surface area contributed by atoms with Gasteiger partial charge in [-0.25, -0.2) is 14.6 Å². The Bertz CT molecular complexity index is 1290. The Morgan fingerprint density at radius 2 is 1.85 bits per heavy atom. The van der Waals surface area contributed by atoms with Crippen molar-refractivity contribution in [3.63, 3.8) is 0 Å². The zero-order chi connectivity index (χ0) is 22.9. The Morgan fingerprint density at radius 1 is 1.03 bits per heavy atom. The van der Waals surface area contributed by atoms with Crippen LogP contribution in [0.25, 0.3) is 17.2 Å². The summed E-state index contributed by atoms with van der Waals surface area (Å²) in [6.45, 7) is 3.92. The molecule has 0 N–H and O–H groups in total. The largest absolute Gasteiger partial charge is 0.338 e. The molecule has 34 heavy (non-hydrogen) atoms. The molecule has 2 aromatic heterocycles. The van der Waals surface area contributed by atoms with Gasteiger partial charge in [-0.15, -0.1) is 0 Å². The van der Waals surface area contributed by atoms with Gasteiger partial charge in [0.15, 0.2) is 0 Å². The molecule has 7 rings (SSSR count). The number of hydrogen-bond donors (Lipinski definition) is 0. The lowest BCUT2D eigenvalue weighted by Gasteiger charge is -2.24. The first-order chi connectivity index (χ1) is 16.6. The van der Waals surface area contributed by atoms with Crippen LogP contribution in [-0.4, -0.2) is 68.7 Å². The van der Waals surface area contributed by atoms with Crippen LogP contribution in [0.5, 0.6) is 0 Å². The first-order valence-electron chi connectivity index (χ1n) is 12.6. The number of nitrogens with zero attached hydrogens (tertiary/aromatic N) is 6. The van der Waals surface area contributed by atoms with Crippen molar-refractivity contribution in [2.24, 2.45) is 5.41 Å². The molecule has 1 aromatic carbocycles. The van der Waals surface area contributed by atoms with Crippen molar-refractivity contribution in [3.8, 4) is 17.2 Å². The van der Waals surface area contributed by atoms with E-state index in [-0.39, 0.29) is 11.3 Å². The van der Waals surface area contributed by atoms with Gasteiger partial charge in [-0.1, -0.05) is 24.3 Å². The summed E-state index contributed by atoms with van der Waals surface area (Å²) in [5.74, 6) is 1.07. The van der Waals surface area contributed by atoms with Gasteiger partial charge >= 0.3 is 0 Å². The number of rotatable bonds is 3. The molecule has 3 fully saturated rings. The van der Waals surface area contributed by atoms with Crippen LogP contribution in [0.15, 0.2) is 36.7 Å². The fraction of sp³-hybridized carbons (Fsp3) is 0.481. The number of aromatic nitrogens is 4. The van der Waals surface area contributed by atoms with Gasteiger partial charge < -0.3 is 9.80 Å². The molecule has 1 atom stereocenters. The molecule has 4 heterocycles. The minimum Gasteiger partial charge on any atom is -0.338 e. The van der Waals surface area contributed by atoms with Crippen LogP contribution in [0.3, 0.4) is 0 Å². The van der Waals surface area contributed by atoms with E-state index in [4.69, 9.17) is 9.97 Å². The molecule has 1 amide bonds. The summed E-state index contributed by atoms with van der Waals surface area (Å²) in [5, 5.41) is 4.68. The highest BCUT2D eigenvalue weighted by molar-refractivity contribution is 5.96. The van der Waals surface area contributed by atoms with Crippen LogP contribution in [-0.2, 0) is 12.8 Å². The van der Waals surface area contributed by atoms with Crippen LogP contribution in [0.2, 0.25) is 0 Å². The van der Waals surface area contributed by atoms with Crippen molar-refractivity contribution in [2.45, 2.75) is 44.4 Å². The molecule has 0 radical (unpaired) electrons. The summed E-state index contributed by atoms with van der Waals surface area (Å²) < 4.78 is 1.84. The van der Waals surface area contributed by atoms with Gasteiger partial charge in [0.05, 0.1) is 23.1 Å². The normalized spacial score (nSPS) is 24.0. The summed E-state index contributed by atoms with van der Waals surface area (Å²) >= 11 is 0. The molecule has 7 nitrogen and oxygen atoms in total. The van der Waals surface area contributed by atoms with Crippen molar-refractivity contribution in [2.75, 3.05) is 33.2 Å². The highest BCUT2D eigenvalue weighted by Crippen LogP contribution is 2.44. The van der Waals surface area contributed by atoms with Gasteiger partial charge in [-0.2, -0.15) is 5.10 Å². The van der Waals surface area contributed by atoms with E-state index < -0.39 is 0 Å². The Morgan fingerprint density at radius 3 is 2.68 bits per heavy atom. The number of carbonyl (C=O) groups excluding carboxylic acids is 1. The van der Waals surface area contributed by atoms with Crippen molar-refractivity contribution in [1.82, 2.24) is 29.5 Å². The highest BCUT2D eigenvalue weighted by Gasteiger charge is 2.45. The number of benzene rings is 1. The smallest absolute Gasteiger partial charge is 0.257 e. The Kier molecular flexibility index (Phi) is 4.47. The van der Waals surface area contributed by atoms with Crippen molar-refractivity contribution in [1.29, 1.82) is 0 Å². The molecule has 2 saturated heterocycles. The third-order valence-corrected chi connectivity index (χ3v) is 8.33. The molecular formula is C27H30N6O. The standard InChI is InChI=1S/C27H30N6O/c1-31-12-10-27(16-31)11-13-32(17-27)25(34)22-15-29-33(24(22)19-7-8-19)26-28-14-20-9-6-18-4-2-3-5-21(18)23(20)30-26/h2-5,14-15,19H,6-13,16-17H2,1H3. The van der Waals surface area contributed by atoms with E-state index >= 15 is 0 Å². The van der Waals surface area contributed by atoms with Gasteiger partial charge in [-0.3, -0.25) is 4.79 Å². The Balaban J connectivity index is 1.24. The zero-order valence-corrected chi connectivity index (χ0v) is 19.7. The van der Waals surface area contributed by atoms with Crippen molar-refractivity contribution < 1.29 is 4.79 Å². The van der Waals surface area contributed by atoms with E-state index in [0.29, 0.717) is 11.9 Å². The first kappa shape index (κ1) is 20.3. The molecule has 2 aliphatic heterocycles. The molecule has 2 aliphatic carbocycles. The molecule has 3 aromatic rings. The summed E-state index contributed by atoms with van der Waals surface area (Å²) in [6, 6.07) is 8.49. The first-order valence-corrected chi connectivity index (χ1v) is 12.6. The second-order valence-electron chi connectivity index (χ2n) is 10.8. The quantitative estimate of drug-likeness (QED) is 0.606. The second kappa shape index (κ2) is 7.47. The summed E-state index contributed by atoms with van der Waals surface area (Å²) in [4.78, 5) is 27.8. The molecule has 4 aliphatic rings. The van der Waals surface area contributed by atoms with E-state index in [9.17, 15) is 4.79 Å². The highest BCUT2D eigenvalue weighted by atomic mass is 16.2. The molecule has 1 spiro atoms. The summed E-state index contributed by atoms with van der Waals surface area (Å²) in [5.41, 5.74) is 6.72. The zero-order valence-electron chi connectivity index (χ0n) is 19.7. The van der Waals surface area contributed by atoms with E-state index in [1.165, 1.54) is 23.1 Å². The Hall–Kier alpha value is -3.06. The lowest BCUT2D eigenvalue weighted by Crippen LogP contribution is -2.33. The topological polar surface area (TPSA) is 67.2 Å². The van der Waals surface area contributed by atoms with Crippen LogP contribution >= 0.6 is 0 Å². The lowest BCUT2D eigenvalue weighted by molar-refractivity contribution is 0.0772. The fourth-order valence-corrected chi connectivity index (χ4v) is 6.36. The van der Waals surface area contributed by atoms with Crippen molar-refractivity contribution >= 4 is 5.91 Å². The minimum atomic E-state index is 0.128. The SMILES string of the molecule is CN1CCC2(CCN(C(=O)c3cnn(-c4ncc5c(n4)-c4ccccc4CC5)c3C3CC3)C2)C1. The molecule has 7 heteroatoms. The maximum Gasteiger partial charge on any atom is 0.257 e. The third kappa shape index (κ3) is 3.21. The lowest BCUT2D eigenvalue weighted by atomic mass is 9.86. The molecule has 1 saturated carbocycles. The van der Waals surface area contributed by atoms with E-state index in [1.807, 2.05) is 10.9 Å². The van der Waals surface area contributed by atoms with Crippen molar-refractivity contribution in [3.05, 3.63) is 59.0 Å². The van der Waals surface area contributed by atoms with Gasteiger partial charge in [0.25, 0.3) is 11.9 Å². The average molecular weight is 455 g/mol. The van der Waals surface area contributed by atoms with Crippen LogP contribution < -0.4 is 0 Å². The van der Waals surface area contributed by atoms with E-state index in [1.54, 1.807) is 6.20 Å². The predicted molar refractivity (Wildman–Crippen MR) is 129 cm³/mol. The summed E-state index contributed by atoms with van der Waals surface area (Å²) in [7, 11) is 2.19. The van der Waals surface area contributed by atoms with Gasteiger partial charge in [0.1, 0.15) is 0 Å². The molecule has 174 valence electrons. The third-order valence-electron chi connectivity index (χ3n) is 8.33. The van der Waals surface area contributed by atoms with Crippen LogP contribution in [0, 0.1) is 5.41 Å². The van der Waals surface area contributed by atoms with E-state index in [2.05, 4.69) is 46.2 Å². The Labute approximate surface area is 199 Å². The number of carbonyl (C=O) groups is 1. The molecular weight excluding hydrogens is 424 g/mol. The monoisotopic (exact) mass is 454 g/mol. The second-order valence-corrected chi connectivity index (χ2v) is 10.8. The number of fused-ring (bicyclic) bond motifs is 3. The van der Waals surface area contributed by atoms with Gasteiger partial charge in [-0.05, 0) is 63.2 Å². The van der Waals surface area contributed by atoms with Gasteiger partial charge in [0.2, 0.25) is 0 Å². The molecule has 1 unspecified atom stereocenters. The number of aryl methyl sites for hydroxylation is 2. The predicted octanol–water partition coefficient (Wildman–Crippen LogP) is 3.47. The maximum absolute atomic E-state index is 13.7. The molecule has 0 bridgehead atoms. The summed E-state index contributed by atoms with van der Waals surface area (Å²) in [6.07, 6.45) is 10.2. The van der Waals surface area contributed by atoms with Crippen LogP contribution in [0.1, 0.15) is 58.8 Å². The number of amides is 1. The maximum atomic E-state index is 13.7. The average Bonchev–Trinajstić information content (AvgIpc) is 3.30. The minimum absolute atomic E-state index is 0.128.